The Labute approximate surface area is 180 Å². The highest BCUT2D eigenvalue weighted by molar-refractivity contribution is 5.91. The molecular weight excluding hydrogens is 394 g/mol. The lowest BCUT2D eigenvalue weighted by atomic mass is 10.2. The Bertz CT molecular complexity index is 1060. The van der Waals surface area contributed by atoms with Gasteiger partial charge in [0.05, 0.1) is 25.4 Å². The molecule has 0 aliphatic carbocycles. The van der Waals surface area contributed by atoms with Crippen LogP contribution in [0.15, 0.2) is 77.9 Å². The largest absolute Gasteiger partial charge is 0.493 e. The third kappa shape index (κ3) is 6.43. The molecule has 0 heterocycles. The Morgan fingerprint density at radius 1 is 0.968 bits per heavy atom. The first kappa shape index (κ1) is 21.6. The van der Waals surface area contributed by atoms with Crippen LogP contribution in [0.2, 0.25) is 0 Å². The lowest BCUT2D eigenvalue weighted by molar-refractivity contribution is -0.119. The molecule has 0 atom stereocenters. The SMILES string of the molecule is COc1cc(C=NNC(=O)CNc2ccc(C)cc2)ccc1OC(=O)c1ccccc1. The molecule has 3 aromatic carbocycles. The number of amides is 1. The summed E-state index contributed by atoms with van der Waals surface area (Å²) in [6.45, 7) is 2.10. The highest BCUT2D eigenvalue weighted by atomic mass is 16.6. The minimum atomic E-state index is -0.478. The highest BCUT2D eigenvalue weighted by Gasteiger charge is 2.12. The van der Waals surface area contributed by atoms with Crippen molar-refractivity contribution in [2.24, 2.45) is 5.10 Å². The molecule has 0 fully saturated rings. The minimum Gasteiger partial charge on any atom is -0.493 e. The number of nitrogens with zero attached hydrogens (tertiary/aromatic N) is 1. The van der Waals surface area contributed by atoms with Crippen LogP contribution in [0.3, 0.4) is 0 Å². The minimum absolute atomic E-state index is 0.0953. The lowest BCUT2D eigenvalue weighted by Gasteiger charge is -2.10. The first-order valence-electron chi connectivity index (χ1n) is 9.63. The van der Waals surface area contributed by atoms with Gasteiger partial charge in [0.1, 0.15) is 0 Å². The van der Waals surface area contributed by atoms with Crippen molar-refractivity contribution in [2.75, 3.05) is 19.0 Å². The molecular formula is C24H23N3O4. The zero-order valence-electron chi connectivity index (χ0n) is 17.3. The van der Waals surface area contributed by atoms with E-state index in [9.17, 15) is 9.59 Å². The van der Waals surface area contributed by atoms with Crippen LogP contribution in [0, 0.1) is 6.92 Å². The number of carbonyl (C=O) groups excluding carboxylic acids is 2. The number of benzene rings is 3. The van der Waals surface area contributed by atoms with Crippen molar-refractivity contribution in [1.82, 2.24) is 5.43 Å². The summed E-state index contributed by atoms with van der Waals surface area (Å²) in [4.78, 5) is 24.2. The van der Waals surface area contributed by atoms with Gasteiger partial charge in [0.25, 0.3) is 5.91 Å². The fourth-order valence-corrected chi connectivity index (χ4v) is 2.65. The van der Waals surface area contributed by atoms with Crippen molar-refractivity contribution >= 4 is 23.8 Å². The van der Waals surface area contributed by atoms with Crippen LogP contribution >= 0.6 is 0 Å². The second-order valence-corrected chi connectivity index (χ2v) is 6.68. The number of carbonyl (C=O) groups is 2. The van der Waals surface area contributed by atoms with Gasteiger partial charge in [-0.25, -0.2) is 10.2 Å². The summed E-state index contributed by atoms with van der Waals surface area (Å²) < 4.78 is 10.7. The van der Waals surface area contributed by atoms with E-state index in [4.69, 9.17) is 9.47 Å². The number of hydrazone groups is 1. The quantitative estimate of drug-likeness (QED) is 0.252. The van der Waals surface area contributed by atoms with Gasteiger partial charge in [0, 0.05) is 5.69 Å². The molecule has 0 saturated heterocycles. The van der Waals surface area contributed by atoms with Crippen molar-refractivity contribution in [3.63, 3.8) is 0 Å². The molecule has 0 aliphatic rings. The molecule has 0 spiro atoms. The molecule has 0 saturated carbocycles. The smallest absolute Gasteiger partial charge is 0.343 e. The van der Waals surface area contributed by atoms with E-state index in [0.29, 0.717) is 22.6 Å². The van der Waals surface area contributed by atoms with E-state index in [1.807, 2.05) is 37.3 Å². The highest BCUT2D eigenvalue weighted by Crippen LogP contribution is 2.28. The van der Waals surface area contributed by atoms with E-state index in [2.05, 4.69) is 15.8 Å². The van der Waals surface area contributed by atoms with Gasteiger partial charge in [-0.05, 0) is 55.0 Å². The Morgan fingerprint density at radius 3 is 2.42 bits per heavy atom. The predicted octanol–water partition coefficient (Wildman–Crippen LogP) is 3.79. The number of ether oxygens (including phenoxy) is 2. The Hall–Kier alpha value is -4.13. The summed E-state index contributed by atoms with van der Waals surface area (Å²) in [5, 5.41) is 6.98. The fourth-order valence-electron chi connectivity index (χ4n) is 2.65. The summed E-state index contributed by atoms with van der Waals surface area (Å²) in [6.07, 6.45) is 1.48. The van der Waals surface area contributed by atoms with Gasteiger partial charge >= 0.3 is 5.97 Å². The molecule has 2 N–H and O–H groups in total. The van der Waals surface area contributed by atoms with Crippen LogP contribution in [-0.2, 0) is 4.79 Å². The van der Waals surface area contributed by atoms with Gasteiger partial charge in [-0.2, -0.15) is 5.10 Å². The topological polar surface area (TPSA) is 89.0 Å². The van der Waals surface area contributed by atoms with Crippen LogP contribution < -0.4 is 20.2 Å². The third-order valence-electron chi connectivity index (χ3n) is 4.31. The van der Waals surface area contributed by atoms with Gasteiger partial charge in [-0.15, -0.1) is 0 Å². The van der Waals surface area contributed by atoms with Crippen molar-refractivity contribution in [3.8, 4) is 11.5 Å². The standard InChI is InChI=1S/C24H23N3O4/c1-17-8-11-20(12-9-17)25-16-23(28)27-26-15-18-10-13-21(22(14-18)30-2)31-24(29)19-6-4-3-5-7-19/h3-15,25H,16H2,1-2H3,(H,27,28). The second kappa shape index (κ2) is 10.6. The van der Waals surface area contributed by atoms with Gasteiger partial charge in [0.2, 0.25) is 0 Å². The molecule has 0 bridgehead atoms. The second-order valence-electron chi connectivity index (χ2n) is 6.68. The maximum atomic E-state index is 12.2. The zero-order chi connectivity index (χ0) is 22.1. The number of rotatable bonds is 8. The van der Waals surface area contributed by atoms with Gasteiger partial charge in [-0.1, -0.05) is 35.9 Å². The molecule has 0 aliphatic heterocycles. The fraction of sp³-hybridized carbons (Fsp3) is 0.125. The van der Waals surface area contributed by atoms with Crippen molar-refractivity contribution in [2.45, 2.75) is 6.92 Å². The number of methoxy groups -OCH3 is 1. The van der Waals surface area contributed by atoms with Crippen LogP contribution in [0.25, 0.3) is 0 Å². The van der Waals surface area contributed by atoms with E-state index in [0.717, 1.165) is 11.3 Å². The van der Waals surface area contributed by atoms with Gasteiger partial charge in [-0.3, -0.25) is 4.79 Å². The summed E-state index contributed by atoms with van der Waals surface area (Å²) in [5.41, 5.74) is 5.58. The summed E-state index contributed by atoms with van der Waals surface area (Å²) in [6, 6.07) is 21.4. The van der Waals surface area contributed by atoms with E-state index in [1.54, 1.807) is 42.5 Å². The van der Waals surface area contributed by atoms with Gasteiger partial charge < -0.3 is 14.8 Å². The zero-order valence-corrected chi connectivity index (χ0v) is 17.3. The molecule has 0 unspecified atom stereocenters. The van der Waals surface area contributed by atoms with Crippen LogP contribution in [0.1, 0.15) is 21.5 Å². The molecule has 1 amide bonds. The number of hydrogen-bond donors (Lipinski definition) is 2. The predicted molar refractivity (Wildman–Crippen MR) is 120 cm³/mol. The van der Waals surface area contributed by atoms with Crippen molar-refractivity contribution in [1.29, 1.82) is 0 Å². The first-order valence-corrected chi connectivity index (χ1v) is 9.63. The van der Waals surface area contributed by atoms with Crippen LogP contribution in [0.5, 0.6) is 11.5 Å². The molecule has 0 radical (unpaired) electrons. The average Bonchev–Trinajstić information content (AvgIpc) is 2.80. The van der Waals surface area contributed by atoms with E-state index in [-0.39, 0.29) is 12.5 Å². The van der Waals surface area contributed by atoms with E-state index in [1.165, 1.54) is 13.3 Å². The number of nitrogens with one attached hydrogen (secondary N) is 2. The Morgan fingerprint density at radius 2 is 1.71 bits per heavy atom. The lowest BCUT2D eigenvalue weighted by Crippen LogP contribution is -2.25. The Balaban J connectivity index is 1.55. The molecule has 3 rings (SSSR count). The number of anilines is 1. The molecule has 31 heavy (non-hydrogen) atoms. The number of esters is 1. The summed E-state index contributed by atoms with van der Waals surface area (Å²) in [5.74, 6) is -0.0914. The first-order chi connectivity index (χ1) is 15.0. The monoisotopic (exact) mass is 417 g/mol. The van der Waals surface area contributed by atoms with E-state index < -0.39 is 5.97 Å². The summed E-state index contributed by atoms with van der Waals surface area (Å²) >= 11 is 0. The Kier molecular flexibility index (Phi) is 7.37. The molecule has 158 valence electrons. The van der Waals surface area contributed by atoms with Crippen molar-refractivity contribution < 1.29 is 19.1 Å². The average molecular weight is 417 g/mol. The van der Waals surface area contributed by atoms with Crippen LogP contribution in [-0.4, -0.2) is 31.7 Å². The van der Waals surface area contributed by atoms with Crippen molar-refractivity contribution in [3.05, 3.63) is 89.5 Å². The maximum absolute atomic E-state index is 12.2. The number of hydrogen-bond acceptors (Lipinski definition) is 6. The summed E-state index contributed by atoms with van der Waals surface area (Å²) in [7, 11) is 1.48. The molecule has 3 aromatic rings. The molecule has 7 nitrogen and oxygen atoms in total. The van der Waals surface area contributed by atoms with Crippen LogP contribution in [0.4, 0.5) is 5.69 Å². The molecule has 7 heteroatoms. The molecule has 0 aromatic heterocycles. The third-order valence-corrected chi connectivity index (χ3v) is 4.31. The maximum Gasteiger partial charge on any atom is 0.343 e. The van der Waals surface area contributed by atoms with E-state index >= 15 is 0 Å². The van der Waals surface area contributed by atoms with Gasteiger partial charge in [0.15, 0.2) is 11.5 Å². The number of aryl methyl sites for hydroxylation is 1. The normalized spacial score (nSPS) is 10.5.